The van der Waals surface area contributed by atoms with Crippen LogP contribution in [-0.4, -0.2) is 37.2 Å². The molecule has 0 amide bonds. The van der Waals surface area contributed by atoms with Crippen LogP contribution in [-0.2, 0) is 28.6 Å². The van der Waals surface area contributed by atoms with Crippen LogP contribution < -0.4 is 0 Å². The van der Waals surface area contributed by atoms with Gasteiger partial charge in [-0.05, 0) is 89.9 Å². The van der Waals surface area contributed by atoms with Crippen LogP contribution in [0, 0.1) is 0 Å². The number of allylic oxidation sites excluding steroid dienone is 12. The molecule has 0 bridgehead atoms. The van der Waals surface area contributed by atoms with Gasteiger partial charge in [-0.1, -0.05) is 261 Å². The van der Waals surface area contributed by atoms with E-state index in [1.165, 1.54) is 154 Å². The summed E-state index contributed by atoms with van der Waals surface area (Å²) in [4.78, 5) is 37.8. The molecule has 0 spiro atoms. The summed E-state index contributed by atoms with van der Waals surface area (Å²) in [5, 5.41) is 0. The molecule has 0 aliphatic carbocycles. The van der Waals surface area contributed by atoms with E-state index in [-0.39, 0.29) is 31.1 Å². The van der Waals surface area contributed by atoms with Crippen LogP contribution in [0.5, 0.6) is 0 Å². The van der Waals surface area contributed by atoms with Gasteiger partial charge in [-0.15, -0.1) is 0 Å². The highest BCUT2D eigenvalue weighted by atomic mass is 16.6. The van der Waals surface area contributed by atoms with Crippen molar-refractivity contribution in [1.82, 2.24) is 0 Å². The fraction of sp³-hybridized carbons (Fsp3) is 0.766. The van der Waals surface area contributed by atoms with Gasteiger partial charge in [0, 0.05) is 19.3 Å². The Balaban J connectivity index is 3.93. The molecule has 0 aliphatic heterocycles. The lowest BCUT2D eigenvalue weighted by Gasteiger charge is -2.18. The zero-order valence-corrected chi connectivity index (χ0v) is 46.3. The van der Waals surface area contributed by atoms with Crippen molar-refractivity contribution in [3.05, 3.63) is 72.9 Å². The molecule has 0 aromatic heterocycles. The molecule has 0 fully saturated rings. The van der Waals surface area contributed by atoms with E-state index in [9.17, 15) is 14.4 Å². The largest absolute Gasteiger partial charge is 0.462 e. The van der Waals surface area contributed by atoms with E-state index in [2.05, 4.69) is 93.7 Å². The second-order valence-electron chi connectivity index (χ2n) is 19.9. The lowest BCUT2D eigenvalue weighted by molar-refractivity contribution is -0.167. The Morgan fingerprint density at radius 3 is 0.886 bits per heavy atom. The third-order valence-corrected chi connectivity index (χ3v) is 12.9. The fourth-order valence-electron chi connectivity index (χ4n) is 8.47. The molecule has 6 nitrogen and oxygen atoms in total. The average Bonchev–Trinajstić information content (AvgIpc) is 3.36. The SMILES string of the molecule is CC/C=C\C/C=C\C/C=C\C/C=C\C/C=C\CCCCCCCCCCCCCCCCCCCC(=O)OCC(COC(=O)CCCCCCC)OC(=O)CCCCCCC/C=C\CCCCCCC. The fourth-order valence-corrected chi connectivity index (χ4v) is 8.47. The van der Waals surface area contributed by atoms with Gasteiger partial charge >= 0.3 is 17.9 Å². The first kappa shape index (κ1) is 66.9. The number of hydrogen-bond donors (Lipinski definition) is 0. The highest BCUT2D eigenvalue weighted by molar-refractivity contribution is 5.71. The van der Waals surface area contributed by atoms with Crippen molar-refractivity contribution in [3.8, 4) is 0 Å². The molecule has 0 aliphatic rings. The molecule has 0 heterocycles. The van der Waals surface area contributed by atoms with Crippen LogP contribution in [0.15, 0.2) is 72.9 Å². The van der Waals surface area contributed by atoms with Crippen LogP contribution in [0.3, 0.4) is 0 Å². The van der Waals surface area contributed by atoms with Crippen LogP contribution >= 0.6 is 0 Å². The quantitative estimate of drug-likeness (QED) is 0.0261. The molecule has 70 heavy (non-hydrogen) atoms. The van der Waals surface area contributed by atoms with E-state index in [1.807, 2.05) is 0 Å². The molecule has 1 atom stereocenters. The van der Waals surface area contributed by atoms with Gasteiger partial charge in [-0.25, -0.2) is 0 Å². The van der Waals surface area contributed by atoms with Crippen molar-refractivity contribution in [2.45, 2.75) is 303 Å². The molecule has 0 N–H and O–H groups in total. The Morgan fingerprint density at radius 1 is 0.300 bits per heavy atom. The van der Waals surface area contributed by atoms with Crippen molar-refractivity contribution < 1.29 is 28.6 Å². The van der Waals surface area contributed by atoms with E-state index >= 15 is 0 Å². The number of unbranched alkanes of at least 4 members (excludes halogenated alkanes) is 31. The van der Waals surface area contributed by atoms with Gasteiger partial charge in [-0.2, -0.15) is 0 Å². The summed E-state index contributed by atoms with van der Waals surface area (Å²) in [5.41, 5.74) is 0. The number of ether oxygens (including phenoxy) is 3. The molecular formula is C64H112O6. The summed E-state index contributed by atoms with van der Waals surface area (Å²) < 4.78 is 16.7. The number of rotatable bonds is 54. The van der Waals surface area contributed by atoms with E-state index in [1.54, 1.807) is 0 Å². The zero-order chi connectivity index (χ0) is 50.7. The summed E-state index contributed by atoms with van der Waals surface area (Å²) in [6.45, 7) is 6.44. The van der Waals surface area contributed by atoms with E-state index in [0.717, 1.165) is 103 Å². The number of hydrogen-bond acceptors (Lipinski definition) is 6. The molecule has 0 aromatic carbocycles. The summed E-state index contributed by atoms with van der Waals surface area (Å²) in [5.74, 6) is -0.889. The molecule has 0 aromatic rings. The van der Waals surface area contributed by atoms with Crippen LogP contribution in [0.25, 0.3) is 0 Å². The molecule has 404 valence electrons. The number of carbonyl (C=O) groups is 3. The van der Waals surface area contributed by atoms with Gasteiger partial charge in [0.2, 0.25) is 0 Å². The summed E-state index contributed by atoms with van der Waals surface area (Å²) in [6.07, 6.45) is 75.3. The smallest absolute Gasteiger partial charge is 0.306 e. The molecular weight excluding hydrogens is 865 g/mol. The lowest BCUT2D eigenvalue weighted by Crippen LogP contribution is -2.30. The van der Waals surface area contributed by atoms with Crippen LogP contribution in [0.1, 0.15) is 297 Å². The number of carbonyl (C=O) groups excluding carboxylic acids is 3. The normalized spacial score (nSPS) is 12.6. The van der Waals surface area contributed by atoms with Gasteiger partial charge in [-0.3, -0.25) is 14.4 Å². The molecule has 6 heteroatoms. The second-order valence-corrected chi connectivity index (χ2v) is 19.9. The van der Waals surface area contributed by atoms with Gasteiger partial charge in [0.15, 0.2) is 6.10 Å². The maximum atomic E-state index is 12.7. The van der Waals surface area contributed by atoms with Gasteiger partial charge in [0.25, 0.3) is 0 Å². The molecule has 0 saturated heterocycles. The van der Waals surface area contributed by atoms with Crippen molar-refractivity contribution in [1.29, 1.82) is 0 Å². The Labute approximate surface area is 433 Å². The minimum absolute atomic E-state index is 0.0753. The van der Waals surface area contributed by atoms with Crippen LogP contribution in [0.4, 0.5) is 0 Å². The standard InChI is InChI=1S/C64H112O6/c1-4-7-10-13-15-17-19-21-23-24-25-26-27-28-29-30-31-32-33-34-35-36-37-38-39-40-41-43-44-46-48-51-54-57-63(66)69-60-61(59-68-62(65)56-53-50-12-9-6-3)70-64(67)58-55-52-49-47-45-42-22-20-18-16-14-11-8-5-2/h7,10,15,17,20-23,25-26,28-29,61H,4-6,8-9,11-14,16,18-19,24,27,30-60H2,1-3H3/b10-7-,17-15-,22-20-,23-21-,26-25-,29-28-. The Bertz CT molecular complexity index is 1310. The van der Waals surface area contributed by atoms with Gasteiger partial charge < -0.3 is 14.2 Å². The maximum absolute atomic E-state index is 12.7. The zero-order valence-electron chi connectivity index (χ0n) is 46.3. The first-order valence-corrected chi connectivity index (χ1v) is 29.9. The van der Waals surface area contributed by atoms with E-state index in [0.29, 0.717) is 19.3 Å². The van der Waals surface area contributed by atoms with Crippen molar-refractivity contribution in [2.24, 2.45) is 0 Å². The van der Waals surface area contributed by atoms with Crippen molar-refractivity contribution in [3.63, 3.8) is 0 Å². The van der Waals surface area contributed by atoms with E-state index in [4.69, 9.17) is 14.2 Å². The Morgan fingerprint density at radius 2 is 0.557 bits per heavy atom. The summed E-state index contributed by atoms with van der Waals surface area (Å²) in [6, 6.07) is 0. The van der Waals surface area contributed by atoms with Gasteiger partial charge in [0.1, 0.15) is 13.2 Å². The monoisotopic (exact) mass is 977 g/mol. The first-order chi connectivity index (χ1) is 34.5. The Kier molecular flexibility index (Phi) is 55.8. The summed E-state index contributed by atoms with van der Waals surface area (Å²) >= 11 is 0. The van der Waals surface area contributed by atoms with E-state index < -0.39 is 6.10 Å². The van der Waals surface area contributed by atoms with Gasteiger partial charge in [0.05, 0.1) is 0 Å². The summed E-state index contributed by atoms with van der Waals surface area (Å²) in [7, 11) is 0. The molecule has 1 unspecified atom stereocenters. The minimum Gasteiger partial charge on any atom is -0.462 e. The maximum Gasteiger partial charge on any atom is 0.306 e. The average molecular weight is 978 g/mol. The minimum atomic E-state index is -0.772. The number of esters is 3. The molecule has 0 saturated carbocycles. The van der Waals surface area contributed by atoms with Crippen molar-refractivity contribution >= 4 is 17.9 Å². The molecule has 0 radical (unpaired) electrons. The highest BCUT2D eigenvalue weighted by Gasteiger charge is 2.19. The van der Waals surface area contributed by atoms with Crippen LogP contribution in [0.2, 0.25) is 0 Å². The predicted octanol–water partition coefficient (Wildman–Crippen LogP) is 20.2. The van der Waals surface area contributed by atoms with Crippen molar-refractivity contribution in [2.75, 3.05) is 13.2 Å². The Hall–Kier alpha value is -3.15. The topological polar surface area (TPSA) is 78.9 Å². The second kappa shape index (κ2) is 58.4. The highest BCUT2D eigenvalue weighted by Crippen LogP contribution is 2.16. The molecule has 0 rings (SSSR count). The third-order valence-electron chi connectivity index (χ3n) is 12.9. The predicted molar refractivity (Wildman–Crippen MR) is 302 cm³/mol. The first-order valence-electron chi connectivity index (χ1n) is 29.9. The lowest BCUT2D eigenvalue weighted by atomic mass is 10.0. The third kappa shape index (κ3) is 55.8.